The third kappa shape index (κ3) is 9.58. The highest BCUT2D eigenvalue weighted by molar-refractivity contribution is 8.34. The number of non-ortho nitro benzene ring substituents is 1. The maximum absolute atomic E-state index is 13.6. The Balaban J connectivity index is 1.34. The van der Waals surface area contributed by atoms with E-state index in [2.05, 4.69) is 13.8 Å². The number of benzene rings is 2. The van der Waals surface area contributed by atoms with Crippen LogP contribution in [-0.4, -0.2) is 41.5 Å². The summed E-state index contributed by atoms with van der Waals surface area (Å²) in [6.07, 6.45) is 8.42. The third-order valence-corrected chi connectivity index (χ3v) is 16.8. The van der Waals surface area contributed by atoms with E-state index in [0.29, 0.717) is 12.1 Å². The highest BCUT2D eigenvalue weighted by atomic mass is 32.2. The Morgan fingerprint density at radius 1 is 0.754 bits per heavy atom. The average molecular weight is 870 g/mol. The van der Waals surface area contributed by atoms with Gasteiger partial charge in [-0.15, -0.1) is 0 Å². The number of nitro groups is 3. The minimum absolute atomic E-state index is 0.0820. The number of sulfone groups is 1. The Hall–Kier alpha value is -4.60. The van der Waals surface area contributed by atoms with Gasteiger partial charge >= 0.3 is 5.97 Å². The summed E-state index contributed by atoms with van der Waals surface area (Å²) in [6.45, 7) is 6.22. The maximum Gasteiger partial charge on any atom is 0.307 e. The van der Waals surface area contributed by atoms with Crippen molar-refractivity contribution in [1.82, 2.24) is 0 Å². The van der Waals surface area contributed by atoms with E-state index in [1.165, 1.54) is 38.7 Å². The molecule has 298 valence electrons. The number of carbonyl (C=O) groups excluding carboxylic acids is 1. The number of unbranched alkanes of at least 4 members (excludes halogenated alkanes) is 4. The van der Waals surface area contributed by atoms with E-state index in [1.807, 2.05) is 30.4 Å². The molecule has 57 heavy (non-hydrogen) atoms. The summed E-state index contributed by atoms with van der Waals surface area (Å²) in [5.74, 6) is -1.67. The largest absolute Gasteiger partial charge is 0.460 e. The summed E-state index contributed by atoms with van der Waals surface area (Å²) in [6, 6.07) is 6.17. The zero-order valence-electron chi connectivity index (χ0n) is 30.9. The van der Waals surface area contributed by atoms with Crippen LogP contribution in [0.2, 0.25) is 0 Å². The number of fused-ring (bicyclic) bond motifs is 3. The molecule has 0 saturated carbocycles. The smallest absolute Gasteiger partial charge is 0.307 e. The quantitative estimate of drug-likeness (QED) is 0.0403. The first-order chi connectivity index (χ1) is 27.1. The predicted molar refractivity (Wildman–Crippen MR) is 222 cm³/mol. The number of hydrogen-bond acceptors (Lipinski definition) is 16. The van der Waals surface area contributed by atoms with Crippen LogP contribution in [0.3, 0.4) is 0 Å². The van der Waals surface area contributed by atoms with Gasteiger partial charge in [0.05, 0.1) is 57.5 Å². The summed E-state index contributed by atoms with van der Waals surface area (Å²) in [5, 5.41) is 55.6. The maximum atomic E-state index is 13.6. The summed E-state index contributed by atoms with van der Waals surface area (Å²) in [5.41, 5.74) is -5.54. The molecular formula is C37H35N5O10S5. The first-order valence-corrected chi connectivity index (χ1v) is 22.7. The lowest BCUT2D eigenvalue weighted by atomic mass is 9.98. The lowest BCUT2D eigenvalue weighted by Crippen LogP contribution is -2.15. The van der Waals surface area contributed by atoms with Crippen LogP contribution in [0.25, 0.3) is 16.7 Å². The van der Waals surface area contributed by atoms with E-state index < -0.39 is 92.5 Å². The fourth-order valence-electron chi connectivity index (χ4n) is 6.32. The second-order valence-electron chi connectivity index (χ2n) is 12.9. The first-order valence-electron chi connectivity index (χ1n) is 17.8. The molecule has 0 N–H and O–H groups in total. The molecule has 0 aromatic heterocycles. The molecule has 0 fully saturated rings. The number of thioether (sulfide) groups is 4. The molecule has 1 aliphatic carbocycles. The summed E-state index contributed by atoms with van der Waals surface area (Å²) in [7, 11) is -4.50. The minimum atomic E-state index is -4.50. The molecule has 0 radical (unpaired) electrons. The monoisotopic (exact) mass is 869 g/mol. The molecule has 2 aromatic rings. The van der Waals surface area contributed by atoms with Crippen molar-refractivity contribution in [3.05, 3.63) is 99.4 Å². The van der Waals surface area contributed by atoms with Crippen LogP contribution < -0.4 is 0 Å². The molecule has 3 aliphatic rings. The van der Waals surface area contributed by atoms with Crippen LogP contribution >= 0.6 is 47.0 Å². The Morgan fingerprint density at radius 3 is 1.81 bits per heavy atom. The van der Waals surface area contributed by atoms with Gasteiger partial charge in [-0.3, -0.25) is 35.1 Å². The van der Waals surface area contributed by atoms with E-state index in [4.69, 9.17) is 4.74 Å². The molecular weight excluding hydrogens is 835 g/mol. The van der Waals surface area contributed by atoms with Crippen LogP contribution in [0.4, 0.5) is 17.1 Å². The SMILES string of the molecule is CCCCCC1=C(CCCCC)SC(=C2SC(C)=C(COC(=O)CCS(=O)(=O)c3cc4c(c([N+](=O)[O-])c3)-c3c(cc([N+](=O)[O-])cc3[N+](=O)[O-])C4=C(C#N)C#N)S2)S1. The van der Waals surface area contributed by atoms with Crippen molar-refractivity contribution < 1.29 is 32.7 Å². The highest BCUT2D eigenvalue weighted by Crippen LogP contribution is 2.61. The third-order valence-electron chi connectivity index (χ3n) is 9.14. The summed E-state index contributed by atoms with van der Waals surface area (Å²) >= 11 is 6.78. The molecule has 0 amide bonds. The average Bonchev–Trinajstić information content (AvgIpc) is 3.86. The predicted octanol–water partition coefficient (Wildman–Crippen LogP) is 10.6. The molecule has 0 atom stereocenters. The molecule has 20 heteroatoms. The second-order valence-corrected chi connectivity index (χ2v) is 20.1. The number of nitro benzene ring substituents is 3. The highest BCUT2D eigenvalue weighted by Gasteiger charge is 2.41. The zero-order chi connectivity index (χ0) is 41.6. The minimum Gasteiger partial charge on any atom is -0.460 e. The van der Waals surface area contributed by atoms with Gasteiger partial charge in [-0.1, -0.05) is 86.6 Å². The number of allylic oxidation sites excluding steroid dienone is 4. The Kier molecular flexibility index (Phi) is 14.3. The summed E-state index contributed by atoms with van der Waals surface area (Å²) < 4.78 is 35.1. The van der Waals surface area contributed by atoms with E-state index in [1.54, 1.807) is 23.9 Å². The molecule has 0 unspecified atom stereocenters. The van der Waals surface area contributed by atoms with Crippen molar-refractivity contribution in [2.45, 2.75) is 83.5 Å². The number of carbonyl (C=O) groups is 1. The molecule has 0 bridgehead atoms. The van der Waals surface area contributed by atoms with Gasteiger partial charge in [0.25, 0.3) is 17.1 Å². The first kappa shape index (κ1) is 43.5. The Bertz CT molecular complexity index is 2370. The van der Waals surface area contributed by atoms with Gasteiger partial charge in [-0.2, -0.15) is 10.5 Å². The van der Waals surface area contributed by atoms with Gasteiger partial charge in [-0.25, -0.2) is 8.42 Å². The van der Waals surface area contributed by atoms with Crippen LogP contribution in [-0.2, 0) is 19.4 Å². The second kappa shape index (κ2) is 18.8. The molecule has 15 nitrogen and oxygen atoms in total. The van der Waals surface area contributed by atoms with Gasteiger partial charge in [0.1, 0.15) is 24.3 Å². The lowest BCUT2D eigenvalue weighted by Gasteiger charge is -2.10. The van der Waals surface area contributed by atoms with Gasteiger partial charge < -0.3 is 4.74 Å². The number of rotatable bonds is 17. The number of esters is 1. The van der Waals surface area contributed by atoms with Crippen molar-refractivity contribution in [1.29, 1.82) is 10.5 Å². The van der Waals surface area contributed by atoms with Gasteiger partial charge in [0.15, 0.2) is 9.84 Å². The van der Waals surface area contributed by atoms with E-state index >= 15 is 0 Å². The Labute approximate surface area is 345 Å². The molecule has 0 spiro atoms. The summed E-state index contributed by atoms with van der Waals surface area (Å²) in [4.78, 5) is 50.0. The number of hydrogen-bond donors (Lipinski definition) is 0. The van der Waals surface area contributed by atoms with E-state index in [0.717, 1.165) is 64.7 Å². The van der Waals surface area contributed by atoms with E-state index in [-0.39, 0.29) is 12.2 Å². The normalized spacial score (nSPS) is 14.7. The number of ether oxygens (including phenoxy) is 1. The van der Waals surface area contributed by atoms with Gasteiger partial charge in [0.2, 0.25) is 0 Å². The topological polar surface area (TPSA) is 237 Å². The van der Waals surface area contributed by atoms with Crippen molar-refractivity contribution in [3.8, 4) is 23.3 Å². The molecule has 0 saturated heterocycles. The van der Waals surface area contributed by atoms with E-state index in [9.17, 15) is 54.1 Å². The standard InChI is InChI=1S/C37H35N5O10S5/c1-4-6-8-10-29-30(11-9-7-5-2)55-37(54-29)36-53-21(3)31(56-36)20-52-32(43)12-13-57(50,51)24-16-26-33(22(18-38)19-39)25-14-23(40(44)45)15-27(41(46)47)34(25)35(26)28(17-24)42(48)49/h14-17H,4-13,20H2,1-3H3. The number of nitriles is 2. The molecule has 2 aromatic carbocycles. The van der Waals surface area contributed by atoms with Crippen molar-refractivity contribution in [2.75, 3.05) is 12.4 Å². The van der Waals surface area contributed by atoms with Crippen LogP contribution in [0, 0.1) is 53.0 Å². The molecule has 2 heterocycles. The van der Waals surface area contributed by atoms with Crippen molar-refractivity contribution >= 4 is 85.5 Å². The van der Waals surface area contributed by atoms with Crippen LogP contribution in [0.1, 0.15) is 89.7 Å². The Morgan fingerprint density at radius 2 is 1.28 bits per heavy atom. The molecule has 5 rings (SSSR count). The van der Waals surface area contributed by atoms with Crippen LogP contribution in [0.5, 0.6) is 0 Å². The van der Waals surface area contributed by atoms with Crippen molar-refractivity contribution in [2.24, 2.45) is 0 Å². The van der Waals surface area contributed by atoms with Gasteiger partial charge in [0, 0.05) is 48.5 Å². The van der Waals surface area contributed by atoms with Crippen LogP contribution in [0.15, 0.2) is 62.8 Å². The zero-order valence-corrected chi connectivity index (χ0v) is 35.0. The fraction of sp³-hybridized carbons (Fsp3) is 0.378. The number of nitrogens with zero attached hydrogens (tertiary/aromatic N) is 5. The molecule has 2 aliphatic heterocycles. The fourth-order valence-corrected chi connectivity index (χ4v) is 13.3. The van der Waals surface area contributed by atoms with Gasteiger partial charge in [-0.05, 0) is 38.7 Å². The lowest BCUT2D eigenvalue weighted by molar-refractivity contribution is -0.394. The van der Waals surface area contributed by atoms with Crippen molar-refractivity contribution in [3.63, 3.8) is 0 Å².